The van der Waals surface area contributed by atoms with E-state index in [1.165, 1.54) is 0 Å². The first kappa shape index (κ1) is 13.4. The number of nitrogens with zero attached hydrogens (tertiary/aromatic N) is 1. The molecule has 0 saturated carbocycles. The van der Waals surface area contributed by atoms with Crippen LogP contribution in [-0.2, 0) is 4.79 Å². The van der Waals surface area contributed by atoms with Gasteiger partial charge in [0.15, 0.2) is 0 Å². The Balaban J connectivity index is 0.000000791. The van der Waals surface area contributed by atoms with E-state index >= 15 is 0 Å². The van der Waals surface area contributed by atoms with Gasteiger partial charge in [-0.1, -0.05) is 13.8 Å². The summed E-state index contributed by atoms with van der Waals surface area (Å²) in [5, 5.41) is 7.00. The molecule has 0 spiro atoms. The average Bonchev–Trinajstić information content (AvgIpc) is 2.36. The van der Waals surface area contributed by atoms with E-state index in [1.807, 2.05) is 11.8 Å². The van der Waals surface area contributed by atoms with Gasteiger partial charge in [-0.15, -0.1) is 0 Å². The molecule has 14 heavy (non-hydrogen) atoms. The van der Waals surface area contributed by atoms with Crippen molar-refractivity contribution in [3.8, 4) is 0 Å². The van der Waals surface area contributed by atoms with Gasteiger partial charge >= 0.3 is 0 Å². The van der Waals surface area contributed by atoms with Crippen molar-refractivity contribution < 1.29 is 9.90 Å². The lowest BCUT2D eigenvalue weighted by Crippen LogP contribution is -2.42. The third-order valence-electron chi connectivity index (χ3n) is 2.79. The van der Waals surface area contributed by atoms with Crippen molar-refractivity contribution in [3.63, 3.8) is 0 Å². The Bertz CT molecular complexity index is 196. The largest absolute Gasteiger partial charge is 0.400 e. The van der Waals surface area contributed by atoms with Crippen LogP contribution in [0, 0.1) is 11.8 Å². The van der Waals surface area contributed by atoms with Gasteiger partial charge in [0.25, 0.3) is 0 Å². The summed E-state index contributed by atoms with van der Waals surface area (Å²) in [5.74, 6) is 1.04. The molecular weight excluding hydrogens is 178 g/mol. The zero-order chi connectivity index (χ0) is 11.5. The van der Waals surface area contributed by atoms with Gasteiger partial charge in [0.1, 0.15) is 0 Å². The minimum absolute atomic E-state index is 0.00387. The standard InChI is InChI=1S/C10H19NO.CH4O/c1-7-6-11(10(3,4)5)9(12)8(7)2;1-2/h7-8H,6H2,1-5H3;2H,1H3. The number of aliphatic hydroxyl groups is 1. The van der Waals surface area contributed by atoms with E-state index in [1.54, 1.807) is 0 Å². The molecule has 2 atom stereocenters. The Hall–Kier alpha value is -0.570. The maximum atomic E-state index is 11.7. The summed E-state index contributed by atoms with van der Waals surface area (Å²) >= 11 is 0. The van der Waals surface area contributed by atoms with Gasteiger partial charge in [-0.3, -0.25) is 4.79 Å². The van der Waals surface area contributed by atoms with Gasteiger partial charge in [-0.05, 0) is 26.7 Å². The van der Waals surface area contributed by atoms with Crippen molar-refractivity contribution in [2.75, 3.05) is 13.7 Å². The summed E-state index contributed by atoms with van der Waals surface area (Å²) < 4.78 is 0. The number of amides is 1. The first-order valence-corrected chi connectivity index (χ1v) is 5.10. The fourth-order valence-electron chi connectivity index (χ4n) is 1.63. The lowest BCUT2D eigenvalue weighted by molar-refractivity contribution is -0.134. The molecule has 1 rings (SSSR count). The molecule has 1 heterocycles. The van der Waals surface area contributed by atoms with Crippen LogP contribution in [0.5, 0.6) is 0 Å². The van der Waals surface area contributed by atoms with Crippen LogP contribution in [0.25, 0.3) is 0 Å². The molecule has 1 saturated heterocycles. The van der Waals surface area contributed by atoms with Gasteiger partial charge in [-0.2, -0.15) is 0 Å². The van der Waals surface area contributed by atoms with E-state index in [4.69, 9.17) is 5.11 Å². The lowest BCUT2D eigenvalue weighted by Gasteiger charge is -2.32. The van der Waals surface area contributed by atoms with Gasteiger partial charge in [0.2, 0.25) is 5.91 Å². The second-order valence-electron chi connectivity index (χ2n) is 4.89. The molecule has 1 amide bonds. The molecule has 1 aliphatic rings. The first-order valence-electron chi connectivity index (χ1n) is 5.10. The van der Waals surface area contributed by atoms with Crippen LogP contribution < -0.4 is 0 Å². The van der Waals surface area contributed by atoms with Gasteiger partial charge in [-0.25, -0.2) is 0 Å². The van der Waals surface area contributed by atoms with Crippen LogP contribution in [0.2, 0.25) is 0 Å². The van der Waals surface area contributed by atoms with E-state index in [0.29, 0.717) is 11.8 Å². The van der Waals surface area contributed by atoms with Crippen LogP contribution in [-0.4, -0.2) is 35.1 Å². The molecule has 0 aliphatic carbocycles. The van der Waals surface area contributed by atoms with E-state index < -0.39 is 0 Å². The van der Waals surface area contributed by atoms with Gasteiger partial charge in [0.05, 0.1) is 0 Å². The molecule has 1 aliphatic heterocycles. The lowest BCUT2D eigenvalue weighted by atomic mass is 10.0. The minimum atomic E-state index is -0.00387. The van der Waals surface area contributed by atoms with Crippen molar-refractivity contribution in [3.05, 3.63) is 0 Å². The highest BCUT2D eigenvalue weighted by Gasteiger charge is 2.39. The van der Waals surface area contributed by atoms with Crippen LogP contribution in [0.1, 0.15) is 34.6 Å². The average molecular weight is 201 g/mol. The van der Waals surface area contributed by atoms with Crippen molar-refractivity contribution in [2.24, 2.45) is 11.8 Å². The van der Waals surface area contributed by atoms with Crippen molar-refractivity contribution in [2.45, 2.75) is 40.2 Å². The third-order valence-corrected chi connectivity index (χ3v) is 2.79. The van der Waals surface area contributed by atoms with Crippen LogP contribution >= 0.6 is 0 Å². The summed E-state index contributed by atoms with van der Waals surface area (Å²) in [6.45, 7) is 11.4. The maximum absolute atomic E-state index is 11.7. The first-order chi connectivity index (χ1) is 6.34. The summed E-state index contributed by atoms with van der Waals surface area (Å²) in [6, 6.07) is 0. The summed E-state index contributed by atoms with van der Waals surface area (Å²) in [6.07, 6.45) is 0. The molecule has 0 bridgehead atoms. The Morgan fingerprint density at radius 1 is 1.29 bits per heavy atom. The smallest absolute Gasteiger partial charge is 0.226 e. The molecular formula is C11H23NO2. The normalized spacial score (nSPS) is 27.4. The second kappa shape index (κ2) is 4.78. The zero-order valence-electron chi connectivity index (χ0n) is 10.2. The Morgan fingerprint density at radius 2 is 1.71 bits per heavy atom. The maximum Gasteiger partial charge on any atom is 0.226 e. The quantitative estimate of drug-likeness (QED) is 0.645. The molecule has 0 aromatic carbocycles. The predicted octanol–water partition coefficient (Wildman–Crippen LogP) is 1.51. The van der Waals surface area contributed by atoms with E-state index in [0.717, 1.165) is 13.7 Å². The Kier molecular flexibility index (Phi) is 4.59. The van der Waals surface area contributed by atoms with Gasteiger partial charge in [0, 0.05) is 25.1 Å². The molecule has 0 aromatic heterocycles. The highest BCUT2D eigenvalue weighted by molar-refractivity contribution is 5.81. The number of likely N-dealkylation sites (tertiary alicyclic amines) is 1. The minimum Gasteiger partial charge on any atom is -0.400 e. The number of hydrogen-bond donors (Lipinski definition) is 1. The van der Waals surface area contributed by atoms with E-state index in [9.17, 15) is 4.79 Å². The Morgan fingerprint density at radius 3 is 1.86 bits per heavy atom. The van der Waals surface area contributed by atoms with Gasteiger partial charge < -0.3 is 10.0 Å². The topological polar surface area (TPSA) is 40.5 Å². The highest BCUT2D eigenvalue weighted by atomic mass is 16.2. The fourth-order valence-corrected chi connectivity index (χ4v) is 1.63. The molecule has 1 N–H and O–H groups in total. The Labute approximate surface area is 87.1 Å². The monoisotopic (exact) mass is 201 g/mol. The van der Waals surface area contributed by atoms with Crippen LogP contribution in [0.3, 0.4) is 0 Å². The van der Waals surface area contributed by atoms with Crippen molar-refractivity contribution in [1.82, 2.24) is 4.90 Å². The second-order valence-corrected chi connectivity index (χ2v) is 4.89. The van der Waals surface area contributed by atoms with Crippen molar-refractivity contribution in [1.29, 1.82) is 0 Å². The highest BCUT2D eigenvalue weighted by Crippen LogP contribution is 2.29. The van der Waals surface area contributed by atoms with Crippen LogP contribution in [0.15, 0.2) is 0 Å². The molecule has 2 unspecified atom stereocenters. The van der Waals surface area contributed by atoms with E-state index in [-0.39, 0.29) is 11.5 Å². The zero-order valence-corrected chi connectivity index (χ0v) is 10.2. The number of hydrogen-bond acceptors (Lipinski definition) is 2. The number of carbonyl (C=O) groups excluding carboxylic acids is 1. The predicted molar refractivity (Wildman–Crippen MR) is 57.9 cm³/mol. The van der Waals surface area contributed by atoms with E-state index in [2.05, 4.69) is 27.7 Å². The molecule has 3 nitrogen and oxygen atoms in total. The number of aliphatic hydroxyl groups excluding tert-OH is 1. The third kappa shape index (κ3) is 2.71. The molecule has 0 radical (unpaired) electrons. The summed E-state index contributed by atoms with van der Waals surface area (Å²) in [5.41, 5.74) is -0.00387. The molecule has 3 heteroatoms. The molecule has 0 aromatic rings. The number of rotatable bonds is 0. The SMILES string of the molecule is CC1CN(C(C)(C)C)C(=O)C1C.CO. The van der Waals surface area contributed by atoms with Crippen molar-refractivity contribution >= 4 is 5.91 Å². The summed E-state index contributed by atoms with van der Waals surface area (Å²) in [4.78, 5) is 13.7. The fraction of sp³-hybridized carbons (Fsp3) is 0.909. The number of carbonyl (C=O) groups is 1. The molecule has 84 valence electrons. The summed E-state index contributed by atoms with van der Waals surface area (Å²) in [7, 11) is 1.00. The molecule has 1 fully saturated rings. The van der Waals surface area contributed by atoms with Crippen LogP contribution in [0.4, 0.5) is 0 Å².